The Morgan fingerprint density at radius 2 is 1.62 bits per heavy atom. The van der Waals surface area contributed by atoms with Crippen LogP contribution < -0.4 is 0 Å². The van der Waals surface area contributed by atoms with Gasteiger partial charge in [0.1, 0.15) is 0 Å². The summed E-state index contributed by atoms with van der Waals surface area (Å²) in [4.78, 5) is 0. The van der Waals surface area contributed by atoms with E-state index >= 15 is 0 Å². The van der Waals surface area contributed by atoms with E-state index in [1.54, 1.807) is 0 Å². The summed E-state index contributed by atoms with van der Waals surface area (Å²) in [6.45, 7) is 12.7. The molecular formula is C8H23NSi4. The van der Waals surface area contributed by atoms with Crippen molar-refractivity contribution in [1.29, 1.82) is 0 Å². The molecule has 0 aromatic rings. The van der Waals surface area contributed by atoms with Crippen LogP contribution in [0.15, 0.2) is 25.3 Å². The molecule has 0 bridgehead atoms. The third-order valence-corrected chi connectivity index (χ3v) is 23.1. The summed E-state index contributed by atoms with van der Waals surface area (Å²) in [5.41, 5.74) is 0. The molecule has 2 atom stereocenters. The summed E-state index contributed by atoms with van der Waals surface area (Å²) in [5.74, 6) is 0. The Bertz CT molecular complexity index is 146. The average Bonchev–Trinajstić information content (AvgIpc) is 2.06. The van der Waals surface area contributed by atoms with Crippen molar-refractivity contribution in [3.05, 3.63) is 25.3 Å². The highest BCUT2D eigenvalue weighted by Gasteiger charge is 2.17. The number of hydrogen-bond donors (Lipinski definition) is 0. The molecule has 5 heteroatoms. The summed E-state index contributed by atoms with van der Waals surface area (Å²) in [5, 5.41) is 0. The van der Waals surface area contributed by atoms with Gasteiger partial charge in [0.2, 0.25) is 0 Å². The molecule has 0 aromatic carbocycles. The summed E-state index contributed by atoms with van der Waals surface area (Å²) >= 11 is 0. The maximum Gasteiger partial charge on any atom is 0.0978 e. The highest BCUT2D eigenvalue weighted by molar-refractivity contribution is 6.98. The largest absolute Gasteiger partial charge is 0.380 e. The van der Waals surface area contributed by atoms with Crippen LogP contribution in [0.4, 0.5) is 0 Å². The van der Waals surface area contributed by atoms with Gasteiger partial charge in [-0.25, -0.2) is 0 Å². The minimum absolute atomic E-state index is 0.193. The van der Waals surface area contributed by atoms with Crippen molar-refractivity contribution >= 4 is 36.9 Å². The van der Waals surface area contributed by atoms with Crippen LogP contribution in [-0.2, 0) is 0 Å². The number of hydrogen-bond acceptors (Lipinski definition) is 1. The van der Waals surface area contributed by atoms with Gasteiger partial charge in [-0.15, -0.1) is 13.2 Å². The third-order valence-electron chi connectivity index (χ3n) is 2.51. The van der Waals surface area contributed by atoms with Crippen LogP contribution in [0.5, 0.6) is 0 Å². The maximum atomic E-state index is 3.85. The van der Waals surface area contributed by atoms with Crippen LogP contribution >= 0.6 is 0 Å². The minimum Gasteiger partial charge on any atom is -0.380 e. The minimum atomic E-state index is -0.581. The Balaban J connectivity index is 4.12. The van der Waals surface area contributed by atoms with Crippen LogP contribution in [0.2, 0.25) is 25.2 Å². The van der Waals surface area contributed by atoms with Crippen molar-refractivity contribution < 1.29 is 0 Å². The molecule has 0 N–H and O–H groups in total. The molecule has 0 radical (unpaired) electrons. The van der Waals surface area contributed by atoms with Crippen molar-refractivity contribution in [3.63, 3.8) is 0 Å². The first-order valence-corrected chi connectivity index (χ1v) is 16.4. The van der Waals surface area contributed by atoms with Gasteiger partial charge in [0.05, 0.1) is 27.1 Å². The Morgan fingerprint density at radius 3 is 1.85 bits per heavy atom. The molecule has 0 aliphatic carbocycles. The molecule has 0 aliphatic heterocycles. The van der Waals surface area contributed by atoms with E-state index in [-0.39, 0.29) is 9.20 Å². The van der Waals surface area contributed by atoms with E-state index in [4.69, 9.17) is 0 Å². The van der Waals surface area contributed by atoms with E-state index in [9.17, 15) is 0 Å². The van der Waals surface area contributed by atoms with Crippen molar-refractivity contribution in [2.24, 2.45) is 0 Å². The van der Waals surface area contributed by atoms with E-state index < -0.39 is 17.9 Å². The fraction of sp³-hybridized carbons (Fsp3) is 0.500. The topological polar surface area (TPSA) is 3.24 Å². The normalized spacial score (nSPS) is 16.5. The first-order valence-electron chi connectivity index (χ1n) is 5.14. The second-order valence-electron chi connectivity index (χ2n) is 3.58. The summed E-state index contributed by atoms with van der Waals surface area (Å²) < 4.78 is 2.97. The Kier molecular flexibility index (Phi) is 7.87. The molecule has 2 unspecified atom stereocenters. The third kappa shape index (κ3) is 4.92. The summed E-state index contributed by atoms with van der Waals surface area (Å²) in [7, 11) is 0.479. The molecule has 0 saturated heterocycles. The van der Waals surface area contributed by atoms with Gasteiger partial charge in [0.15, 0.2) is 0 Å². The molecule has 0 aliphatic rings. The molecular weight excluding hydrogens is 222 g/mol. The summed E-state index contributed by atoms with van der Waals surface area (Å²) in [6.07, 6.45) is 4.23. The standard InChI is InChI=1S/C8H23NSi4/c1-5-7-12(3)9(11-10)13(4)8-6-2/h5-6,12-13H,1-2,7-8,11H2,3-4,10H3. The van der Waals surface area contributed by atoms with Crippen molar-refractivity contribution in [1.82, 2.24) is 3.90 Å². The van der Waals surface area contributed by atoms with E-state index in [1.165, 1.54) is 21.8 Å². The molecule has 13 heavy (non-hydrogen) atoms. The van der Waals surface area contributed by atoms with Crippen molar-refractivity contribution in [2.75, 3.05) is 0 Å². The van der Waals surface area contributed by atoms with Gasteiger partial charge in [-0.05, 0) is 12.1 Å². The van der Waals surface area contributed by atoms with Gasteiger partial charge in [-0.2, -0.15) is 0 Å². The molecule has 1 nitrogen and oxygen atoms in total. The van der Waals surface area contributed by atoms with Gasteiger partial charge >= 0.3 is 0 Å². The molecule has 0 rings (SSSR count). The number of allylic oxidation sites excluding steroid dienone is 2. The fourth-order valence-corrected chi connectivity index (χ4v) is 24.6. The quantitative estimate of drug-likeness (QED) is 0.441. The highest BCUT2D eigenvalue weighted by Crippen LogP contribution is 2.06. The number of nitrogens with zero attached hydrogens (tertiary/aromatic N) is 1. The first-order chi connectivity index (χ1) is 6.17. The predicted octanol–water partition coefficient (Wildman–Crippen LogP) is -0.268. The zero-order chi connectivity index (χ0) is 10.3. The Labute approximate surface area is 91.4 Å². The van der Waals surface area contributed by atoms with Crippen LogP contribution in [0.25, 0.3) is 0 Å². The first kappa shape index (κ1) is 13.3. The van der Waals surface area contributed by atoms with Crippen molar-refractivity contribution in [2.45, 2.75) is 25.2 Å². The molecule has 0 saturated carbocycles. The van der Waals surface area contributed by atoms with Gasteiger partial charge in [-0.3, -0.25) is 0 Å². The maximum absolute atomic E-state index is 3.85. The molecule has 0 amide bonds. The lowest BCUT2D eigenvalue weighted by atomic mass is 10.8. The SMILES string of the molecule is C=CC[SiH](C)N([SiH2][SiH3])[SiH](C)CC=C. The zero-order valence-corrected chi connectivity index (χ0v) is 15.0. The van der Waals surface area contributed by atoms with Gasteiger partial charge in [0, 0.05) is 9.76 Å². The van der Waals surface area contributed by atoms with E-state index in [1.807, 2.05) is 0 Å². The lowest BCUT2D eigenvalue weighted by Gasteiger charge is -2.31. The lowest BCUT2D eigenvalue weighted by Crippen LogP contribution is -2.48. The van der Waals surface area contributed by atoms with E-state index in [0.717, 1.165) is 0 Å². The van der Waals surface area contributed by atoms with Gasteiger partial charge in [0.25, 0.3) is 0 Å². The van der Waals surface area contributed by atoms with Crippen LogP contribution in [0.3, 0.4) is 0 Å². The molecule has 76 valence electrons. The molecule has 0 fully saturated rings. The fourth-order valence-electron chi connectivity index (χ4n) is 1.81. The summed E-state index contributed by atoms with van der Waals surface area (Å²) in [6, 6.07) is 2.59. The number of rotatable bonds is 7. The smallest absolute Gasteiger partial charge is 0.0978 e. The molecule has 0 spiro atoms. The van der Waals surface area contributed by atoms with Crippen molar-refractivity contribution in [3.8, 4) is 0 Å². The zero-order valence-electron chi connectivity index (χ0n) is 9.29. The van der Waals surface area contributed by atoms with E-state index in [0.29, 0.717) is 0 Å². The van der Waals surface area contributed by atoms with Gasteiger partial charge in [-0.1, -0.05) is 25.2 Å². The molecule has 0 aromatic heterocycles. The predicted molar refractivity (Wildman–Crippen MR) is 76.4 cm³/mol. The van der Waals surface area contributed by atoms with Crippen LogP contribution in [0.1, 0.15) is 0 Å². The monoisotopic (exact) mass is 245 g/mol. The second kappa shape index (κ2) is 7.69. The Hall–Kier alpha value is 0.308. The highest BCUT2D eigenvalue weighted by atomic mass is 29.1. The Morgan fingerprint density at radius 1 is 1.23 bits per heavy atom. The van der Waals surface area contributed by atoms with Crippen LogP contribution in [-0.4, -0.2) is 40.8 Å². The van der Waals surface area contributed by atoms with Crippen LogP contribution in [0, 0.1) is 0 Å². The van der Waals surface area contributed by atoms with Gasteiger partial charge < -0.3 is 3.90 Å². The average molecular weight is 246 g/mol. The second-order valence-corrected chi connectivity index (χ2v) is 14.6. The molecule has 0 heterocycles. The lowest BCUT2D eigenvalue weighted by molar-refractivity contribution is 1.02. The van der Waals surface area contributed by atoms with E-state index in [2.05, 4.69) is 42.3 Å².